The van der Waals surface area contributed by atoms with Crippen molar-refractivity contribution in [1.82, 2.24) is 5.32 Å². The minimum absolute atomic E-state index is 0.0104. The Morgan fingerprint density at radius 3 is 1.85 bits per heavy atom. The van der Waals surface area contributed by atoms with Crippen molar-refractivity contribution in [3.05, 3.63) is 108 Å². The molecule has 1 unspecified atom stereocenters. The summed E-state index contributed by atoms with van der Waals surface area (Å²) in [7, 11) is 0. The summed E-state index contributed by atoms with van der Waals surface area (Å²) in [4.78, 5) is 4.92. The van der Waals surface area contributed by atoms with Gasteiger partial charge < -0.3 is 10.4 Å². The maximum Gasteiger partial charge on any atom is 0.143 e. The molecule has 0 radical (unpaired) electrons. The fraction of sp³-hybridized carbons (Fsp3) is 0.174. The van der Waals surface area contributed by atoms with E-state index in [4.69, 9.17) is 4.99 Å². The molecule has 1 aliphatic rings. The fourth-order valence-corrected chi connectivity index (χ4v) is 3.49. The van der Waals surface area contributed by atoms with Crippen molar-refractivity contribution in [2.24, 2.45) is 4.99 Å². The van der Waals surface area contributed by atoms with Gasteiger partial charge in [0.05, 0.1) is 6.04 Å². The van der Waals surface area contributed by atoms with Gasteiger partial charge in [-0.2, -0.15) is 0 Å². The summed E-state index contributed by atoms with van der Waals surface area (Å²) in [5, 5.41) is 14.7. The van der Waals surface area contributed by atoms with Crippen LogP contribution in [0.5, 0.6) is 0 Å². The fourth-order valence-electron chi connectivity index (χ4n) is 3.49. The molecule has 3 heteroatoms. The van der Waals surface area contributed by atoms with Crippen LogP contribution in [0.2, 0.25) is 0 Å². The Morgan fingerprint density at radius 2 is 1.27 bits per heavy atom. The van der Waals surface area contributed by atoms with Crippen molar-refractivity contribution < 1.29 is 5.11 Å². The SMILES string of the molecule is CC(O)(C1=N[C@H](c2ccccc2)[C@H](c2ccccc2)N1)c1ccccc1. The van der Waals surface area contributed by atoms with Gasteiger partial charge in [-0.05, 0) is 23.6 Å². The monoisotopic (exact) mass is 342 g/mol. The molecule has 0 amide bonds. The number of hydrogen-bond donors (Lipinski definition) is 2. The largest absolute Gasteiger partial charge is 0.377 e. The Labute approximate surface area is 154 Å². The molecule has 3 nitrogen and oxygen atoms in total. The summed E-state index contributed by atoms with van der Waals surface area (Å²) in [6.45, 7) is 1.80. The van der Waals surface area contributed by atoms with Crippen LogP contribution in [-0.4, -0.2) is 10.9 Å². The standard InChI is InChI=1S/C23H22N2O/c1-23(26,19-15-9-4-10-16-19)22-24-20(17-11-5-2-6-12-17)21(25-22)18-13-7-3-8-14-18/h2-16,20-21,26H,1H3,(H,24,25)/t20-,21+,23?. The molecule has 0 aliphatic carbocycles. The Bertz CT molecular complexity index is 889. The van der Waals surface area contributed by atoms with Crippen LogP contribution in [0.3, 0.4) is 0 Å². The lowest BCUT2D eigenvalue weighted by molar-refractivity contribution is 0.129. The zero-order chi connectivity index (χ0) is 18.0. The van der Waals surface area contributed by atoms with Gasteiger partial charge in [0.1, 0.15) is 17.5 Å². The Kier molecular flexibility index (Phi) is 4.31. The first-order valence-electron chi connectivity index (χ1n) is 8.89. The van der Waals surface area contributed by atoms with Crippen LogP contribution in [0.15, 0.2) is 96.0 Å². The third-order valence-corrected chi connectivity index (χ3v) is 4.97. The van der Waals surface area contributed by atoms with Crippen LogP contribution in [0.4, 0.5) is 0 Å². The predicted octanol–water partition coefficient (Wildman–Crippen LogP) is 4.38. The molecule has 4 rings (SSSR count). The predicted molar refractivity (Wildman–Crippen MR) is 105 cm³/mol. The highest BCUT2D eigenvalue weighted by Crippen LogP contribution is 2.39. The Hall–Kier alpha value is -2.91. The highest BCUT2D eigenvalue weighted by molar-refractivity contribution is 5.93. The van der Waals surface area contributed by atoms with Crippen LogP contribution in [0, 0.1) is 0 Å². The maximum atomic E-state index is 11.2. The molecule has 130 valence electrons. The van der Waals surface area contributed by atoms with Crippen molar-refractivity contribution in [2.75, 3.05) is 0 Å². The van der Waals surface area contributed by atoms with Gasteiger partial charge >= 0.3 is 0 Å². The molecule has 0 fully saturated rings. The number of hydrogen-bond acceptors (Lipinski definition) is 3. The summed E-state index contributed by atoms with van der Waals surface area (Å²) in [6.07, 6.45) is 0. The minimum atomic E-state index is -1.17. The molecule has 0 saturated carbocycles. The van der Waals surface area contributed by atoms with E-state index in [1.165, 1.54) is 0 Å². The third-order valence-electron chi connectivity index (χ3n) is 4.97. The summed E-state index contributed by atoms with van der Waals surface area (Å²) < 4.78 is 0. The topological polar surface area (TPSA) is 44.6 Å². The lowest BCUT2D eigenvalue weighted by atomic mass is 9.94. The average molecular weight is 342 g/mol. The number of aliphatic imine (C=N–C) groups is 1. The molecule has 0 spiro atoms. The quantitative estimate of drug-likeness (QED) is 0.739. The van der Waals surface area contributed by atoms with Gasteiger partial charge in [-0.25, -0.2) is 0 Å². The zero-order valence-corrected chi connectivity index (χ0v) is 14.7. The van der Waals surface area contributed by atoms with Crippen LogP contribution >= 0.6 is 0 Å². The molecule has 2 N–H and O–H groups in total. The van der Waals surface area contributed by atoms with E-state index in [9.17, 15) is 5.11 Å². The smallest absolute Gasteiger partial charge is 0.143 e. The van der Waals surface area contributed by atoms with E-state index < -0.39 is 5.60 Å². The van der Waals surface area contributed by atoms with E-state index in [0.29, 0.717) is 5.84 Å². The lowest BCUT2D eigenvalue weighted by Gasteiger charge is -2.26. The molecule has 26 heavy (non-hydrogen) atoms. The second kappa shape index (κ2) is 6.77. The van der Waals surface area contributed by atoms with Crippen molar-refractivity contribution in [2.45, 2.75) is 24.6 Å². The molecular formula is C23H22N2O. The van der Waals surface area contributed by atoms with Gasteiger partial charge in [-0.3, -0.25) is 4.99 Å². The van der Waals surface area contributed by atoms with Gasteiger partial charge in [0.15, 0.2) is 0 Å². The maximum absolute atomic E-state index is 11.2. The van der Waals surface area contributed by atoms with Crippen LogP contribution in [-0.2, 0) is 5.60 Å². The third kappa shape index (κ3) is 3.02. The zero-order valence-electron chi connectivity index (χ0n) is 14.7. The van der Waals surface area contributed by atoms with E-state index in [1.807, 2.05) is 66.7 Å². The summed E-state index contributed by atoms with van der Waals surface area (Å²) in [5.41, 5.74) is 1.95. The van der Waals surface area contributed by atoms with Gasteiger partial charge in [-0.15, -0.1) is 0 Å². The van der Waals surface area contributed by atoms with Crippen molar-refractivity contribution in [3.8, 4) is 0 Å². The van der Waals surface area contributed by atoms with E-state index in [2.05, 4.69) is 29.6 Å². The summed E-state index contributed by atoms with van der Waals surface area (Å²) >= 11 is 0. The average Bonchev–Trinajstić information content (AvgIpc) is 3.16. The molecule has 0 bridgehead atoms. The Morgan fingerprint density at radius 1 is 0.769 bits per heavy atom. The molecule has 0 saturated heterocycles. The molecule has 3 atom stereocenters. The van der Waals surface area contributed by atoms with Crippen molar-refractivity contribution >= 4 is 5.84 Å². The van der Waals surface area contributed by atoms with Crippen molar-refractivity contribution in [3.63, 3.8) is 0 Å². The molecule has 1 aliphatic heterocycles. The second-order valence-corrected chi connectivity index (χ2v) is 6.80. The number of nitrogens with zero attached hydrogens (tertiary/aromatic N) is 1. The number of rotatable bonds is 4. The van der Waals surface area contributed by atoms with E-state index >= 15 is 0 Å². The minimum Gasteiger partial charge on any atom is -0.377 e. The first-order valence-corrected chi connectivity index (χ1v) is 8.89. The molecule has 3 aromatic rings. The van der Waals surface area contributed by atoms with Crippen LogP contribution in [0.25, 0.3) is 0 Å². The van der Waals surface area contributed by atoms with E-state index in [-0.39, 0.29) is 12.1 Å². The normalized spacial score (nSPS) is 21.5. The van der Waals surface area contributed by atoms with E-state index in [0.717, 1.165) is 16.7 Å². The van der Waals surface area contributed by atoms with Gasteiger partial charge in [0.25, 0.3) is 0 Å². The van der Waals surface area contributed by atoms with E-state index in [1.54, 1.807) is 6.92 Å². The number of aliphatic hydroxyl groups is 1. The first kappa shape index (κ1) is 16.6. The summed E-state index contributed by atoms with van der Waals surface area (Å²) in [6, 6.07) is 30.1. The number of benzene rings is 3. The molecule has 0 aromatic heterocycles. The second-order valence-electron chi connectivity index (χ2n) is 6.80. The van der Waals surface area contributed by atoms with Gasteiger partial charge in [-0.1, -0.05) is 91.0 Å². The van der Waals surface area contributed by atoms with Crippen molar-refractivity contribution in [1.29, 1.82) is 0 Å². The molecule has 1 heterocycles. The Balaban J connectivity index is 1.75. The highest BCUT2D eigenvalue weighted by atomic mass is 16.3. The number of nitrogens with one attached hydrogen (secondary N) is 1. The molecular weight excluding hydrogens is 320 g/mol. The lowest BCUT2D eigenvalue weighted by Crippen LogP contribution is -2.40. The van der Waals surface area contributed by atoms with Crippen LogP contribution < -0.4 is 5.32 Å². The molecule has 3 aromatic carbocycles. The number of amidine groups is 1. The van der Waals surface area contributed by atoms with Gasteiger partial charge in [0, 0.05) is 0 Å². The highest BCUT2D eigenvalue weighted by Gasteiger charge is 2.39. The first-order chi connectivity index (χ1) is 12.7. The van der Waals surface area contributed by atoms with Gasteiger partial charge in [0.2, 0.25) is 0 Å². The summed E-state index contributed by atoms with van der Waals surface area (Å²) in [5.74, 6) is 0.603. The van der Waals surface area contributed by atoms with Crippen LogP contribution in [0.1, 0.15) is 35.7 Å².